The van der Waals surface area contributed by atoms with Crippen molar-refractivity contribution in [2.45, 2.75) is 89.1 Å². The maximum atomic E-state index is 15.4. The van der Waals surface area contributed by atoms with Crippen LogP contribution in [0.25, 0.3) is 11.2 Å². The number of esters is 4. The molecule has 24 nitrogen and oxygen atoms in total. The van der Waals surface area contributed by atoms with Gasteiger partial charge in [-0.3, -0.25) is 32.8 Å². The quantitative estimate of drug-likeness (QED) is 0.0843. The monoisotopic (exact) mass is 789 g/mol. The van der Waals surface area contributed by atoms with Crippen LogP contribution >= 0.6 is 15.6 Å². The lowest BCUT2D eigenvalue weighted by Gasteiger charge is -2.44. The zero-order chi connectivity index (χ0) is 38.7. The number of nitrogens with zero attached hydrogens (tertiary/aromatic N) is 4. The van der Waals surface area contributed by atoms with Gasteiger partial charge in [0.2, 0.25) is 6.29 Å². The molecular weight excluding hydrogens is 755 g/mol. The van der Waals surface area contributed by atoms with Gasteiger partial charge in [-0.05, 0) is 0 Å². The number of ether oxygens (including phenoxy) is 6. The van der Waals surface area contributed by atoms with Crippen LogP contribution in [0.3, 0.4) is 0 Å². The van der Waals surface area contributed by atoms with Crippen molar-refractivity contribution in [3.05, 3.63) is 12.7 Å². The Labute approximate surface area is 291 Å². The maximum absolute atomic E-state index is 15.4. The first kappa shape index (κ1) is 41.0. The number of rotatable bonds is 14. The Morgan fingerprint density at radius 3 is 2.13 bits per heavy atom. The van der Waals surface area contributed by atoms with Crippen LogP contribution in [-0.4, -0.2) is 132 Å². The largest absolute Gasteiger partial charge is 0.483 e. The van der Waals surface area contributed by atoms with E-state index in [0.717, 1.165) is 34.0 Å². The molecule has 4 rings (SSSR count). The van der Waals surface area contributed by atoms with Crippen molar-refractivity contribution in [3.8, 4) is 0 Å². The van der Waals surface area contributed by atoms with E-state index in [0.29, 0.717) is 0 Å². The van der Waals surface area contributed by atoms with Gasteiger partial charge in [0.25, 0.3) is 0 Å². The number of alkyl halides is 1. The van der Waals surface area contributed by atoms with Crippen LogP contribution in [0.15, 0.2) is 12.7 Å². The van der Waals surface area contributed by atoms with Gasteiger partial charge in [-0.15, -0.1) is 0 Å². The van der Waals surface area contributed by atoms with Gasteiger partial charge < -0.3 is 54.2 Å². The fourth-order valence-electron chi connectivity index (χ4n) is 5.10. The molecule has 5 unspecified atom stereocenters. The van der Waals surface area contributed by atoms with Crippen LogP contribution in [0.2, 0.25) is 0 Å². The molecule has 12 atom stereocenters. The highest BCUT2D eigenvalue weighted by Gasteiger charge is 2.57. The third-order valence-corrected chi connectivity index (χ3v) is 9.68. The average Bonchev–Trinajstić information content (AvgIpc) is 3.57. The van der Waals surface area contributed by atoms with E-state index < -0.39 is 114 Å². The summed E-state index contributed by atoms with van der Waals surface area (Å²) in [4.78, 5) is 79.8. The Bertz CT molecular complexity index is 1750. The molecule has 2 saturated heterocycles. The molecule has 0 aromatic carbocycles. The summed E-state index contributed by atoms with van der Waals surface area (Å²) < 4.78 is 87.1. The molecule has 290 valence electrons. The van der Waals surface area contributed by atoms with Crippen LogP contribution in [-0.2, 0) is 70.1 Å². The first-order valence-electron chi connectivity index (χ1n) is 14.8. The van der Waals surface area contributed by atoms with Gasteiger partial charge >= 0.3 is 39.5 Å². The molecule has 2 aromatic rings. The molecule has 2 fully saturated rings. The number of aliphatic hydroxyl groups excluding tert-OH is 2. The minimum absolute atomic E-state index is 0.00312. The normalized spacial score (nSPS) is 30.4. The number of fused-ring (bicyclic) bond motifs is 1. The predicted molar refractivity (Wildman–Crippen MR) is 160 cm³/mol. The zero-order valence-corrected chi connectivity index (χ0v) is 29.2. The molecule has 2 aliphatic rings. The molecule has 0 aliphatic carbocycles. The van der Waals surface area contributed by atoms with Crippen LogP contribution in [0.5, 0.6) is 0 Å². The minimum atomic E-state index is -5.93. The number of halogens is 1. The third kappa shape index (κ3) is 10.0. The number of phosphoric acid groups is 2. The lowest BCUT2D eigenvalue weighted by molar-refractivity contribution is -0.296. The molecule has 0 bridgehead atoms. The van der Waals surface area contributed by atoms with Crippen molar-refractivity contribution in [1.29, 1.82) is 0 Å². The number of imidazole rings is 1. The molecule has 0 radical (unpaired) electrons. The summed E-state index contributed by atoms with van der Waals surface area (Å²) in [5, 5.41) is 21.1. The number of hydrogen-bond acceptors (Lipinski definition) is 21. The molecule has 4 heterocycles. The van der Waals surface area contributed by atoms with Crippen LogP contribution < -0.4 is 5.73 Å². The van der Waals surface area contributed by atoms with Crippen molar-refractivity contribution in [2.75, 3.05) is 18.9 Å². The van der Waals surface area contributed by atoms with E-state index in [-0.39, 0.29) is 17.0 Å². The van der Waals surface area contributed by atoms with Crippen molar-refractivity contribution in [2.24, 2.45) is 0 Å². The highest BCUT2D eigenvalue weighted by Crippen LogP contribution is 2.61. The standard InChI is InChI=1S/C25H34FN5O19P2/c1-9(32)42-5-13(26)18-19(44-10(2)33)20(45-11(3)34)21(46-12(4)35)25(48-18)49-52(40,41)50-51(38,39)43-6-14-16(36)17(37)24(47-14)31-8-30-15-22(27)28-7-29-23(15)31/h7-8,13-14,16-21,24-25,36-37H,5-6H2,1-4H3,(H,38,39)(H,40,41)(H2,27,28,29)/t13-,14+,16-,17-,18?,19+,20?,21?,24+,25-/m0/s1. The average molecular weight is 790 g/mol. The molecule has 2 aliphatic heterocycles. The van der Waals surface area contributed by atoms with E-state index in [4.69, 9.17) is 38.5 Å². The zero-order valence-electron chi connectivity index (χ0n) is 27.4. The summed E-state index contributed by atoms with van der Waals surface area (Å²) in [6.07, 6.45) is -17.3. The summed E-state index contributed by atoms with van der Waals surface area (Å²) in [5.74, 6) is -4.31. The Balaban J connectivity index is 1.52. The molecule has 6 N–H and O–H groups in total. The van der Waals surface area contributed by atoms with Gasteiger partial charge in [-0.2, -0.15) is 4.31 Å². The summed E-state index contributed by atoms with van der Waals surface area (Å²) >= 11 is 0. The maximum Gasteiger partial charge on any atom is 0.483 e. The molecule has 52 heavy (non-hydrogen) atoms. The van der Waals surface area contributed by atoms with Gasteiger partial charge in [0, 0.05) is 27.7 Å². The van der Waals surface area contributed by atoms with Crippen molar-refractivity contribution >= 4 is 56.5 Å². The second kappa shape index (κ2) is 16.5. The Morgan fingerprint density at radius 1 is 0.904 bits per heavy atom. The van der Waals surface area contributed by atoms with Gasteiger partial charge in [0.15, 0.2) is 42.2 Å². The van der Waals surface area contributed by atoms with E-state index >= 15 is 4.39 Å². The molecule has 0 spiro atoms. The number of nitrogens with two attached hydrogens (primary N) is 1. The second-order valence-electron chi connectivity index (χ2n) is 11.1. The van der Waals surface area contributed by atoms with E-state index in [9.17, 15) is 48.3 Å². The number of carbonyl (C=O) groups excluding carboxylic acids is 4. The van der Waals surface area contributed by atoms with Crippen LogP contribution in [0.1, 0.15) is 33.9 Å². The number of anilines is 1. The van der Waals surface area contributed by atoms with Gasteiger partial charge in [-0.25, -0.2) is 28.5 Å². The van der Waals surface area contributed by atoms with E-state index in [2.05, 4.69) is 24.0 Å². The van der Waals surface area contributed by atoms with E-state index in [1.54, 1.807) is 0 Å². The fourth-order valence-corrected chi connectivity index (χ4v) is 7.25. The van der Waals surface area contributed by atoms with Crippen molar-refractivity contribution < 1.29 is 94.5 Å². The smallest absolute Gasteiger partial charge is 0.463 e. The molecule has 27 heteroatoms. The SMILES string of the molecule is CC(=O)OC[C@H](F)C1O[C@@H](OP(=O)(O)OP(=O)(O)OC[C@H]2O[C@@H](n3cnc4c(N)ncnc43)[C@@H](O)[C@H]2O)C(OC(C)=O)C(OC(C)=O)[C@@H]1OC(C)=O. The summed E-state index contributed by atoms with van der Waals surface area (Å²) in [5.41, 5.74) is 5.99. The van der Waals surface area contributed by atoms with E-state index in [1.807, 2.05) is 0 Å². The molecule has 0 amide bonds. The number of aromatic nitrogens is 4. The van der Waals surface area contributed by atoms with Crippen LogP contribution in [0, 0.1) is 0 Å². The van der Waals surface area contributed by atoms with E-state index in [1.165, 1.54) is 10.9 Å². The highest BCUT2D eigenvalue weighted by atomic mass is 31.3. The lowest BCUT2D eigenvalue weighted by Crippen LogP contribution is -2.64. The van der Waals surface area contributed by atoms with Gasteiger partial charge in [0.1, 0.15) is 42.9 Å². The highest BCUT2D eigenvalue weighted by molar-refractivity contribution is 7.61. The summed E-state index contributed by atoms with van der Waals surface area (Å²) in [7, 11) is -11.6. The topological polar surface area (TPSA) is 336 Å². The summed E-state index contributed by atoms with van der Waals surface area (Å²) in [6, 6.07) is 0. The number of hydrogen-bond donors (Lipinski definition) is 5. The Kier molecular flexibility index (Phi) is 13.0. The first-order chi connectivity index (χ1) is 24.2. The molecular formula is C25H34FN5O19P2. The Morgan fingerprint density at radius 2 is 1.52 bits per heavy atom. The first-order valence-corrected chi connectivity index (χ1v) is 17.8. The third-order valence-electron chi connectivity index (χ3n) is 7.08. The number of nitrogen functional groups attached to an aromatic ring is 1. The minimum Gasteiger partial charge on any atom is -0.463 e. The van der Waals surface area contributed by atoms with Crippen molar-refractivity contribution in [1.82, 2.24) is 19.5 Å². The molecule has 2 aromatic heterocycles. The fraction of sp³-hybridized carbons (Fsp3) is 0.640. The van der Waals surface area contributed by atoms with Crippen LogP contribution in [0.4, 0.5) is 10.2 Å². The number of phosphoric ester groups is 2. The number of carbonyl (C=O) groups is 4. The van der Waals surface area contributed by atoms with Crippen molar-refractivity contribution in [3.63, 3.8) is 0 Å². The van der Waals surface area contributed by atoms with Gasteiger partial charge in [-0.1, -0.05) is 0 Å². The lowest BCUT2D eigenvalue weighted by atomic mass is 9.95. The predicted octanol–water partition coefficient (Wildman–Crippen LogP) is -1.30. The molecule has 0 saturated carbocycles. The second-order valence-corrected chi connectivity index (χ2v) is 14.1. The number of aliphatic hydroxyl groups is 2. The Hall–Kier alpha value is -3.74. The van der Waals surface area contributed by atoms with Gasteiger partial charge in [0.05, 0.1) is 12.9 Å². The summed E-state index contributed by atoms with van der Waals surface area (Å²) in [6.45, 7) is 1.40.